The van der Waals surface area contributed by atoms with E-state index in [1.165, 1.54) is 24.3 Å². The number of hydrogen-bond donors (Lipinski definition) is 2. The summed E-state index contributed by atoms with van der Waals surface area (Å²) in [7, 11) is 0. The summed E-state index contributed by atoms with van der Waals surface area (Å²) in [5.41, 5.74) is -0.735. The Morgan fingerprint density at radius 1 is 1.36 bits per heavy atom. The molecule has 1 aliphatic heterocycles. The number of nitrogens with one attached hydrogen (secondary N) is 2. The highest BCUT2D eigenvalue weighted by atomic mass is 19.1. The van der Waals surface area contributed by atoms with Gasteiger partial charge in [-0.05, 0) is 39.8 Å². The molecule has 0 radical (unpaired) electrons. The maximum atomic E-state index is 13.8. The Hall–Kier alpha value is -2.47. The number of ether oxygens (including phenoxy) is 2. The second-order valence-electron chi connectivity index (χ2n) is 7.87. The van der Waals surface area contributed by atoms with Crippen molar-refractivity contribution in [2.24, 2.45) is 0 Å². The van der Waals surface area contributed by atoms with Crippen LogP contribution in [0.1, 0.15) is 44.5 Å². The molecule has 6 nitrogen and oxygen atoms in total. The molecule has 1 aromatic carbocycles. The van der Waals surface area contributed by atoms with Crippen LogP contribution in [0.3, 0.4) is 0 Å². The molecule has 152 valence electrons. The lowest BCUT2D eigenvalue weighted by Crippen LogP contribution is -2.44. The maximum absolute atomic E-state index is 13.8. The predicted octanol–water partition coefficient (Wildman–Crippen LogP) is 2.74. The fourth-order valence-corrected chi connectivity index (χ4v) is 2.75. The third-order valence-electron chi connectivity index (χ3n) is 4.15. The van der Waals surface area contributed by atoms with Crippen molar-refractivity contribution in [3.63, 3.8) is 0 Å². The van der Waals surface area contributed by atoms with Crippen LogP contribution in [0.2, 0.25) is 0 Å². The molecule has 0 aliphatic carbocycles. The van der Waals surface area contributed by atoms with Gasteiger partial charge in [-0.1, -0.05) is 12.1 Å². The molecule has 1 heterocycles. The molecule has 2 N–H and O–H groups in total. The molecule has 0 aromatic heterocycles. The molecule has 28 heavy (non-hydrogen) atoms. The van der Waals surface area contributed by atoms with Crippen LogP contribution < -0.4 is 10.6 Å². The van der Waals surface area contributed by atoms with E-state index in [4.69, 9.17) is 9.47 Å². The van der Waals surface area contributed by atoms with Gasteiger partial charge in [-0.3, -0.25) is 4.79 Å². The van der Waals surface area contributed by atoms with E-state index in [1.54, 1.807) is 32.1 Å². The summed E-state index contributed by atoms with van der Waals surface area (Å²) in [5.74, 6) is 0.672. The number of halogens is 1. The van der Waals surface area contributed by atoms with Crippen molar-refractivity contribution < 1.29 is 23.5 Å². The monoisotopic (exact) mass is 390 g/mol. The van der Waals surface area contributed by atoms with Gasteiger partial charge in [0.25, 0.3) is 5.91 Å². The zero-order valence-corrected chi connectivity index (χ0v) is 16.7. The predicted molar refractivity (Wildman–Crippen MR) is 104 cm³/mol. The highest BCUT2D eigenvalue weighted by molar-refractivity contribution is 5.95. The fraction of sp³-hybridized carbons (Fsp3) is 0.476. The minimum Gasteiger partial charge on any atom is -0.387 e. The summed E-state index contributed by atoms with van der Waals surface area (Å²) in [6, 6.07) is 5.83. The van der Waals surface area contributed by atoms with Crippen LogP contribution in [0.25, 0.3) is 0 Å². The molecule has 0 saturated carbocycles. The van der Waals surface area contributed by atoms with E-state index in [9.17, 15) is 14.0 Å². The first-order valence-electron chi connectivity index (χ1n) is 9.14. The lowest BCUT2D eigenvalue weighted by molar-refractivity contribution is -0.133. The molecular formula is C21H27FN2O4. The Kier molecular flexibility index (Phi) is 7.13. The fourth-order valence-electron chi connectivity index (χ4n) is 2.75. The minimum atomic E-state index is -0.730. The summed E-state index contributed by atoms with van der Waals surface area (Å²) in [4.78, 5) is 22.8. The van der Waals surface area contributed by atoms with Crippen LogP contribution in [-0.2, 0) is 14.3 Å². The van der Waals surface area contributed by atoms with Gasteiger partial charge in [-0.15, -0.1) is 0 Å². The summed E-state index contributed by atoms with van der Waals surface area (Å²) in [6.45, 7) is 8.17. The molecule has 1 amide bonds. The van der Waals surface area contributed by atoms with Crippen molar-refractivity contribution in [3.05, 3.63) is 53.6 Å². The van der Waals surface area contributed by atoms with E-state index < -0.39 is 22.9 Å². The molecule has 0 fully saturated rings. The number of carbonyl (C=O) groups is 1. The third kappa shape index (κ3) is 6.60. The molecule has 0 bridgehead atoms. The van der Waals surface area contributed by atoms with Crippen LogP contribution in [0.5, 0.6) is 0 Å². The van der Waals surface area contributed by atoms with Crippen LogP contribution in [0.4, 0.5) is 4.39 Å². The van der Waals surface area contributed by atoms with Gasteiger partial charge in [0.2, 0.25) is 0 Å². The standard InChI is InChI=1S/C21H27FN2O4/c1-20(2,9-10-25)27-14-21(3,4)28-16-11-15(12-23-13-16)24-19(26)17-7-5-6-8-18(17)22/h5-9,12,16,23H,11,13-14H2,1-4H3,(H,24,26). The smallest absolute Gasteiger partial charge is 0.258 e. The molecule has 1 aromatic rings. The van der Waals surface area contributed by atoms with Crippen LogP contribution >= 0.6 is 0 Å². The van der Waals surface area contributed by atoms with Crippen molar-refractivity contribution in [1.82, 2.24) is 10.6 Å². The van der Waals surface area contributed by atoms with E-state index in [2.05, 4.69) is 10.6 Å². The Morgan fingerprint density at radius 2 is 2.07 bits per heavy atom. The quantitative estimate of drug-likeness (QED) is 0.668. The van der Waals surface area contributed by atoms with Crippen molar-refractivity contribution in [2.45, 2.75) is 51.4 Å². The van der Waals surface area contributed by atoms with Gasteiger partial charge < -0.3 is 20.1 Å². The zero-order valence-electron chi connectivity index (χ0n) is 16.7. The summed E-state index contributed by atoms with van der Waals surface area (Å²) in [5, 5.41) is 5.80. The highest BCUT2D eigenvalue weighted by Crippen LogP contribution is 2.22. The van der Waals surface area contributed by atoms with Crippen molar-refractivity contribution in [2.75, 3.05) is 13.2 Å². The van der Waals surface area contributed by atoms with Gasteiger partial charge in [0.1, 0.15) is 11.8 Å². The summed E-state index contributed by atoms with van der Waals surface area (Å²) < 4.78 is 25.6. The molecule has 1 atom stereocenters. The van der Waals surface area contributed by atoms with Crippen LogP contribution in [0.15, 0.2) is 42.2 Å². The largest absolute Gasteiger partial charge is 0.387 e. The molecular weight excluding hydrogens is 363 g/mol. The minimum absolute atomic E-state index is 0.00867. The van der Waals surface area contributed by atoms with Gasteiger partial charge in [0.05, 0.1) is 29.5 Å². The zero-order chi connectivity index (χ0) is 20.8. The van der Waals surface area contributed by atoms with Gasteiger partial charge in [0.15, 0.2) is 0 Å². The van der Waals surface area contributed by atoms with E-state index in [1.807, 2.05) is 13.8 Å². The van der Waals surface area contributed by atoms with Gasteiger partial charge in [-0.25, -0.2) is 9.18 Å². The van der Waals surface area contributed by atoms with E-state index in [-0.39, 0.29) is 18.3 Å². The SMILES string of the molecule is CC(C)(C=C=O)OCC(C)(C)OC1CNC=C(NC(=O)c2ccccc2F)C1. The first-order chi connectivity index (χ1) is 13.1. The van der Waals surface area contributed by atoms with Crippen molar-refractivity contribution in [3.8, 4) is 0 Å². The number of rotatable bonds is 8. The Morgan fingerprint density at radius 3 is 2.75 bits per heavy atom. The van der Waals surface area contributed by atoms with Gasteiger partial charge in [0, 0.05) is 30.9 Å². The first kappa shape index (κ1) is 21.8. The van der Waals surface area contributed by atoms with Crippen molar-refractivity contribution >= 4 is 11.8 Å². The number of amides is 1. The third-order valence-corrected chi connectivity index (χ3v) is 4.15. The highest BCUT2D eigenvalue weighted by Gasteiger charge is 2.29. The molecule has 1 aliphatic rings. The molecule has 7 heteroatoms. The van der Waals surface area contributed by atoms with Crippen molar-refractivity contribution in [1.29, 1.82) is 0 Å². The first-order valence-corrected chi connectivity index (χ1v) is 9.14. The average Bonchev–Trinajstić information content (AvgIpc) is 2.60. The Bertz CT molecular complexity index is 782. The second kappa shape index (κ2) is 9.15. The van der Waals surface area contributed by atoms with E-state index in [0.717, 1.165) is 0 Å². The number of carbonyl (C=O) groups excluding carboxylic acids is 2. The normalized spacial score (nSPS) is 17.2. The van der Waals surface area contributed by atoms with E-state index in [0.29, 0.717) is 18.7 Å². The summed E-state index contributed by atoms with van der Waals surface area (Å²) >= 11 is 0. The van der Waals surface area contributed by atoms with Crippen LogP contribution in [0, 0.1) is 5.82 Å². The summed E-state index contributed by atoms with van der Waals surface area (Å²) in [6.07, 6.45) is 3.28. The lowest BCUT2D eigenvalue weighted by Gasteiger charge is -2.35. The van der Waals surface area contributed by atoms with Gasteiger partial charge in [-0.2, -0.15) is 0 Å². The Balaban J connectivity index is 1.91. The second-order valence-corrected chi connectivity index (χ2v) is 7.87. The molecule has 0 spiro atoms. The maximum Gasteiger partial charge on any atom is 0.258 e. The lowest BCUT2D eigenvalue weighted by atomic mass is 10.1. The van der Waals surface area contributed by atoms with Gasteiger partial charge >= 0.3 is 0 Å². The molecule has 1 unspecified atom stereocenters. The van der Waals surface area contributed by atoms with Crippen LogP contribution in [-0.4, -0.2) is 42.3 Å². The number of hydrogen-bond acceptors (Lipinski definition) is 5. The topological polar surface area (TPSA) is 76.7 Å². The Labute approximate surface area is 164 Å². The van der Waals surface area contributed by atoms with E-state index >= 15 is 0 Å². The molecule has 2 rings (SSSR count). The number of benzene rings is 1. The average molecular weight is 390 g/mol. The molecule has 0 saturated heterocycles.